The van der Waals surface area contributed by atoms with E-state index in [4.69, 9.17) is 28.1 Å². The quantitative estimate of drug-likeness (QED) is 0.147. The largest absolute Gasteiger partial charge is 0.308 e. The smallest absolute Gasteiger partial charge is 0.188 e. The first kappa shape index (κ1) is 39.2. The summed E-state index contributed by atoms with van der Waals surface area (Å²) in [6, 6.07) is 62.2. The predicted octanol–water partition coefficient (Wildman–Crippen LogP) is 13.7. The molecule has 0 unspecified atom stereocenters. The molecular weight excluding hydrogens is 799 g/mol. The Labute approximate surface area is 373 Å². The monoisotopic (exact) mass is 827 g/mol. The van der Waals surface area contributed by atoms with E-state index in [0.29, 0.717) is 67.9 Å². The zero-order valence-corrected chi connectivity index (χ0v) is 34.3. The highest BCUT2D eigenvalue weighted by atomic mass is 15.0. The van der Waals surface area contributed by atoms with Crippen LogP contribution in [0.5, 0.6) is 0 Å². The number of hydrogen-bond donors (Lipinski definition) is 0. The van der Waals surface area contributed by atoms with Gasteiger partial charge in [0.1, 0.15) is 0 Å². The summed E-state index contributed by atoms with van der Waals surface area (Å²) in [7, 11) is 0. The summed E-state index contributed by atoms with van der Waals surface area (Å²) < 4.78 is 2.16. The van der Waals surface area contributed by atoms with Gasteiger partial charge in [0.2, 0.25) is 0 Å². The zero-order valence-electron chi connectivity index (χ0n) is 34.3. The first-order chi connectivity index (χ1) is 32.0. The second kappa shape index (κ2) is 16.5. The van der Waals surface area contributed by atoms with Crippen molar-refractivity contribution in [3.8, 4) is 91.4 Å². The molecule has 0 atom stereocenters. The van der Waals surface area contributed by atoms with Crippen LogP contribution >= 0.6 is 0 Å². The van der Waals surface area contributed by atoms with Crippen molar-refractivity contribution in [3.63, 3.8) is 0 Å². The van der Waals surface area contributed by atoms with Crippen molar-refractivity contribution in [1.82, 2.24) is 19.5 Å². The van der Waals surface area contributed by atoms with Gasteiger partial charge in [-0.2, -0.15) is 15.8 Å². The Hall–Kier alpha value is -9.98. The first-order valence-electron chi connectivity index (χ1n) is 20.4. The van der Waals surface area contributed by atoms with Crippen LogP contribution in [-0.2, 0) is 0 Å². The van der Waals surface area contributed by atoms with Crippen LogP contribution in [-0.4, -0.2) is 19.5 Å². The highest BCUT2D eigenvalue weighted by Crippen LogP contribution is 2.46. The Morgan fingerprint density at radius 2 is 0.923 bits per heavy atom. The lowest BCUT2D eigenvalue weighted by Gasteiger charge is -2.22. The van der Waals surface area contributed by atoms with Gasteiger partial charge in [0.15, 0.2) is 28.8 Å². The molecule has 0 aliphatic heterocycles. The second-order valence-corrected chi connectivity index (χ2v) is 15.1. The van der Waals surface area contributed by atoms with E-state index in [1.807, 2.05) is 121 Å². The number of fused-ring (bicyclic) bond motifs is 3. The van der Waals surface area contributed by atoms with Gasteiger partial charge < -0.3 is 4.57 Å². The van der Waals surface area contributed by atoms with Crippen LogP contribution in [0.15, 0.2) is 176 Å². The van der Waals surface area contributed by atoms with Crippen LogP contribution in [0.4, 0.5) is 11.4 Å². The summed E-state index contributed by atoms with van der Waals surface area (Å²) in [6.45, 7) is 15.3. The van der Waals surface area contributed by atoms with Gasteiger partial charge in [-0.05, 0) is 65.2 Å². The van der Waals surface area contributed by atoms with Crippen LogP contribution in [0.1, 0.15) is 16.7 Å². The molecule has 2 aromatic heterocycles. The van der Waals surface area contributed by atoms with E-state index in [1.165, 1.54) is 0 Å². The normalized spacial score (nSPS) is 10.7. The summed E-state index contributed by atoms with van der Waals surface area (Å²) in [6.07, 6.45) is 0. The number of aromatic nitrogens is 4. The van der Waals surface area contributed by atoms with Crippen LogP contribution in [0.25, 0.3) is 105 Å². The molecule has 0 N–H and O–H groups in total. The van der Waals surface area contributed by atoms with E-state index in [0.717, 1.165) is 44.1 Å². The average Bonchev–Trinajstić information content (AvgIpc) is 3.71. The van der Waals surface area contributed by atoms with Crippen molar-refractivity contribution in [2.24, 2.45) is 0 Å². The second-order valence-electron chi connectivity index (χ2n) is 15.1. The summed E-state index contributed by atoms with van der Waals surface area (Å²) in [4.78, 5) is 22.3. The fourth-order valence-corrected chi connectivity index (χ4v) is 8.34. The fraction of sp³-hybridized carbons (Fsp3) is 0. The maximum absolute atomic E-state index is 10.8. The predicted molar refractivity (Wildman–Crippen MR) is 253 cm³/mol. The number of nitrogens with zero attached hydrogens (tertiary/aromatic N) is 9. The van der Waals surface area contributed by atoms with Gasteiger partial charge in [0, 0.05) is 49.7 Å². The third kappa shape index (κ3) is 7.05. The zero-order chi connectivity index (χ0) is 44.4. The van der Waals surface area contributed by atoms with E-state index < -0.39 is 0 Å². The topological polar surface area (TPSA) is 124 Å². The lowest BCUT2D eigenvalue weighted by Crippen LogP contribution is -2.05. The van der Waals surface area contributed by atoms with Gasteiger partial charge in [-0.1, -0.05) is 127 Å². The molecule has 2 heterocycles. The highest BCUT2D eigenvalue weighted by Gasteiger charge is 2.26. The Balaban J connectivity index is 1.36. The van der Waals surface area contributed by atoms with E-state index >= 15 is 0 Å². The van der Waals surface area contributed by atoms with Crippen molar-refractivity contribution < 1.29 is 0 Å². The van der Waals surface area contributed by atoms with Crippen molar-refractivity contribution in [3.05, 3.63) is 215 Å². The fourth-order valence-electron chi connectivity index (χ4n) is 8.34. The van der Waals surface area contributed by atoms with Crippen LogP contribution in [0.2, 0.25) is 0 Å². The maximum Gasteiger partial charge on any atom is 0.188 e. The third-order valence-corrected chi connectivity index (χ3v) is 11.4. The number of benzene rings is 8. The molecule has 9 nitrogen and oxygen atoms in total. The minimum atomic E-state index is 0.272. The Morgan fingerprint density at radius 1 is 0.400 bits per heavy atom. The van der Waals surface area contributed by atoms with Gasteiger partial charge in [-0.15, -0.1) is 0 Å². The van der Waals surface area contributed by atoms with Crippen molar-refractivity contribution >= 4 is 33.2 Å². The molecule has 0 saturated heterocycles. The average molecular weight is 828 g/mol. The molecule has 65 heavy (non-hydrogen) atoms. The molecule has 8 aromatic carbocycles. The van der Waals surface area contributed by atoms with Gasteiger partial charge >= 0.3 is 0 Å². The Kier molecular flexibility index (Phi) is 9.93. The molecule has 10 aromatic rings. The van der Waals surface area contributed by atoms with Crippen LogP contribution < -0.4 is 0 Å². The molecule has 0 fully saturated rings. The van der Waals surface area contributed by atoms with E-state index in [1.54, 1.807) is 36.4 Å². The lowest BCUT2D eigenvalue weighted by atomic mass is 9.88. The molecule has 0 spiro atoms. The third-order valence-electron chi connectivity index (χ3n) is 11.4. The Morgan fingerprint density at radius 3 is 1.52 bits per heavy atom. The molecule has 10 rings (SSSR count). The summed E-state index contributed by atoms with van der Waals surface area (Å²) in [5.41, 5.74) is 10.5. The molecule has 0 bridgehead atoms. The number of hydrogen-bond acceptors (Lipinski definition) is 6. The van der Waals surface area contributed by atoms with Gasteiger partial charge in [-0.25, -0.2) is 24.6 Å². The molecule has 9 heteroatoms. The van der Waals surface area contributed by atoms with Crippen LogP contribution in [0, 0.1) is 47.1 Å². The highest BCUT2D eigenvalue weighted by molar-refractivity contribution is 6.12. The SMILES string of the molecule is [C-]#[N+]c1ccc(-c2ccc3c(c2)c2ccccc2n3-c2c(-c3ccc(C#N)cc3C#N)cc(-c3nc(-c4ccccc4)nc(-c4ccccc4)n3)cc2-c2ccc([N+]#[C-])cc2C#N)cc1. The number of rotatable bonds is 7. The maximum atomic E-state index is 10.8. The van der Waals surface area contributed by atoms with Gasteiger partial charge in [0.05, 0.1) is 59.2 Å². The molecule has 0 radical (unpaired) electrons. The van der Waals surface area contributed by atoms with Crippen molar-refractivity contribution in [1.29, 1.82) is 15.8 Å². The molecule has 298 valence electrons. The van der Waals surface area contributed by atoms with E-state index in [2.05, 4.69) is 50.7 Å². The first-order valence-corrected chi connectivity index (χ1v) is 20.4. The molecule has 0 aliphatic carbocycles. The lowest BCUT2D eigenvalue weighted by molar-refractivity contribution is 1.07. The minimum Gasteiger partial charge on any atom is -0.308 e. The Bertz CT molecular complexity index is 3610. The van der Waals surface area contributed by atoms with E-state index in [-0.39, 0.29) is 11.1 Å². The molecule has 0 aliphatic rings. The van der Waals surface area contributed by atoms with Crippen LogP contribution in [0.3, 0.4) is 0 Å². The van der Waals surface area contributed by atoms with Crippen molar-refractivity contribution in [2.45, 2.75) is 0 Å². The molecule has 0 amide bonds. The molecular formula is C56H29N9. The van der Waals surface area contributed by atoms with Gasteiger partial charge in [0.25, 0.3) is 0 Å². The minimum absolute atomic E-state index is 0.272. The number of para-hydroxylation sites is 1. The van der Waals surface area contributed by atoms with Gasteiger partial charge in [-0.3, -0.25) is 0 Å². The van der Waals surface area contributed by atoms with Crippen molar-refractivity contribution in [2.75, 3.05) is 0 Å². The van der Waals surface area contributed by atoms with E-state index in [9.17, 15) is 15.8 Å². The molecule has 0 saturated carbocycles. The summed E-state index contributed by atoms with van der Waals surface area (Å²) in [5.74, 6) is 1.27. The summed E-state index contributed by atoms with van der Waals surface area (Å²) in [5, 5.41) is 33.5. The standard InChI is InChI=1S/C56H29N9/c1-60-43-21-18-36(19-22-43)39-20-26-52-48(29-39)47-15-9-10-16-51(47)65(52)53-49(45-24-17-35(32-57)27-41(45)33-58)30-40(31-50(53)46-25-23-44(61-2)28-42(46)34-59)56-63-54(37-11-5-3-6-12-37)62-55(64-56)38-13-7-4-8-14-38/h3-31H. The summed E-state index contributed by atoms with van der Waals surface area (Å²) >= 11 is 0. The number of nitriles is 3.